The topological polar surface area (TPSA) is 75.6 Å². The molecule has 1 heterocycles. The molecule has 0 aliphatic carbocycles. The van der Waals surface area contributed by atoms with E-state index in [0.717, 1.165) is 0 Å². The van der Waals surface area contributed by atoms with Crippen LogP contribution in [0.1, 0.15) is 17.3 Å². The van der Waals surface area contributed by atoms with Crippen molar-refractivity contribution in [1.29, 1.82) is 0 Å². The Hall–Kier alpha value is -1.56. The third-order valence-electron chi connectivity index (χ3n) is 2.06. The Morgan fingerprint density at radius 2 is 2.31 bits per heavy atom. The zero-order valence-electron chi connectivity index (χ0n) is 9.02. The molecule has 0 bridgehead atoms. The van der Waals surface area contributed by atoms with Gasteiger partial charge in [-0.25, -0.2) is 4.79 Å². The molecule has 1 unspecified atom stereocenters. The Balaban J connectivity index is 2.64. The summed E-state index contributed by atoms with van der Waals surface area (Å²) in [6.45, 7) is 1.88. The van der Waals surface area contributed by atoms with Gasteiger partial charge in [-0.1, -0.05) is 6.92 Å². The van der Waals surface area contributed by atoms with Crippen molar-refractivity contribution in [1.82, 2.24) is 0 Å². The highest BCUT2D eigenvalue weighted by atomic mass is 32.1. The maximum Gasteiger partial charge on any atom is 0.340 e. The van der Waals surface area contributed by atoms with Gasteiger partial charge < -0.3 is 15.2 Å². The van der Waals surface area contributed by atoms with Crippen molar-refractivity contribution < 1.29 is 19.4 Å². The summed E-state index contributed by atoms with van der Waals surface area (Å²) in [6, 6.07) is 1.64. The van der Waals surface area contributed by atoms with E-state index in [1.807, 2.05) is 0 Å². The average Bonchev–Trinajstić information content (AvgIpc) is 2.72. The van der Waals surface area contributed by atoms with Gasteiger partial charge in [-0.05, 0) is 11.4 Å². The van der Waals surface area contributed by atoms with E-state index in [1.54, 1.807) is 18.4 Å². The highest BCUT2D eigenvalue weighted by Gasteiger charge is 2.15. The number of hydrogen-bond donors (Lipinski definition) is 2. The maximum absolute atomic E-state index is 11.3. The molecule has 2 N–H and O–H groups in total. The first kappa shape index (κ1) is 12.5. The number of methoxy groups -OCH3 is 1. The smallest absolute Gasteiger partial charge is 0.340 e. The molecule has 0 saturated heterocycles. The van der Waals surface area contributed by atoms with Gasteiger partial charge in [0.2, 0.25) is 0 Å². The van der Waals surface area contributed by atoms with Crippen LogP contribution in [-0.2, 0) is 9.53 Å². The summed E-state index contributed by atoms with van der Waals surface area (Å²) < 4.78 is 4.60. The third-order valence-corrected chi connectivity index (χ3v) is 2.93. The van der Waals surface area contributed by atoms with Gasteiger partial charge in [0.05, 0.1) is 18.6 Å². The number of anilines is 1. The number of thiophene rings is 1. The lowest BCUT2D eigenvalue weighted by Crippen LogP contribution is -2.20. The van der Waals surface area contributed by atoms with E-state index in [0.29, 0.717) is 10.6 Å². The first-order chi connectivity index (χ1) is 7.56. The fourth-order valence-corrected chi connectivity index (χ4v) is 1.84. The molecule has 5 nitrogen and oxygen atoms in total. The number of ether oxygens (including phenoxy) is 1. The summed E-state index contributed by atoms with van der Waals surface area (Å²) in [5.41, 5.74) is 0.435. The number of carbonyl (C=O) groups is 2. The quantitative estimate of drug-likeness (QED) is 0.769. The van der Waals surface area contributed by atoms with Gasteiger partial charge in [0.15, 0.2) is 0 Å². The molecule has 1 rings (SSSR count). The SMILES string of the molecule is COC(=O)c1ccsc1NCC(C)C(=O)O. The first-order valence-electron chi connectivity index (χ1n) is 4.68. The van der Waals surface area contributed by atoms with E-state index in [9.17, 15) is 9.59 Å². The molecule has 1 aromatic rings. The molecule has 88 valence electrons. The fourth-order valence-electron chi connectivity index (χ4n) is 1.05. The molecule has 0 amide bonds. The molecule has 0 saturated carbocycles. The lowest BCUT2D eigenvalue weighted by Gasteiger charge is -2.09. The second-order valence-electron chi connectivity index (χ2n) is 3.28. The van der Waals surface area contributed by atoms with Crippen LogP contribution in [0.4, 0.5) is 5.00 Å². The van der Waals surface area contributed by atoms with Crippen LogP contribution in [0.25, 0.3) is 0 Å². The predicted octanol–water partition coefficient (Wildman–Crippen LogP) is 1.67. The maximum atomic E-state index is 11.3. The molecular weight excluding hydrogens is 230 g/mol. The van der Waals surface area contributed by atoms with Crippen LogP contribution in [0.3, 0.4) is 0 Å². The molecule has 1 atom stereocenters. The molecule has 16 heavy (non-hydrogen) atoms. The second-order valence-corrected chi connectivity index (χ2v) is 4.19. The summed E-state index contributed by atoms with van der Waals surface area (Å²) in [4.78, 5) is 21.9. The molecular formula is C10H13NO4S. The molecule has 0 aliphatic rings. The van der Waals surface area contributed by atoms with Gasteiger partial charge >= 0.3 is 11.9 Å². The van der Waals surface area contributed by atoms with Crippen LogP contribution < -0.4 is 5.32 Å². The average molecular weight is 243 g/mol. The number of aliphatic carboxylic acids is 1. The molecule has 1 aromatic heterocycles. The number of nitrogens with one attached hydrogen (secondary N) is 1. The van der Waals surface area contributed by atoms with E-state index in [2.05, 4.69) is 10.1 Å². The van der Waals surface area contributed by atoms with Crippen LogP contribution in [0.2, 0.25) is 0 Å². The number of carbonyl (C=O) groups excluding carboxylic acids is 1. The Morgan fingerprint density at radius 1 is 1.62 bits per heavy atom. The van der Waals surface area contributed by atoms with Crippen molar-refractivity contribution in [2.75, 3.05) is 19.0 Å². The molecule has 0 aliphatic heterocycles. The second kappa shape index (κ2) is 5.50. The first-order valence-corrected chi connectivity index (χ1v) is 5.56. The van der Waals surface area contributed by atoms with E-state index >= 15 is 0 Å². The van der Waals surface area contributed by atoms with E-state index in [-0.39, 0.29) is 6.54 Å². The minimum Gasteiger partial charge on any atom is -0.481 e. The lowest BCUT2D eigenvalue weighted by molar-refractivity contribution is -0.140. The van der Waals surface area contributed by atoms with Crippen molar-refractivity contribution in [3.63, 3.8) is 0 Å². The van der Waals surface area contributed by atoms with Crippen molar-refractivity contribution >= 4 is 28.3 Å². The summed E-state index contributed by atoms with van der Waals surface area (Å²) in [5.74, 6) is -1.80. The van der Waals surface area contributed by atoms with Gasteiger partial charge in [-0.3, -0.25) is 4.79 Å². The fraction of sp³-hybridized carbons (Fsp3) is 0.400. The molecule has 0 spiro atoms. The van der Waals surface area contributed by atoms with Gasteiger partial charge in [0.1, 0.15) is 5.00 Å². The number of hydrogen-bond acceptors (Lipinski definition) is 5. The number of rotatable bonds is 5. The number of carboxylic acid groups (broad SMARTS) is 1. The Morgan fingerprint density at radius 3 is 2.88 bits per heavy atom. The highest BCUT2D eigenvalue weighted by molar-refractivity contribution is 7.14. The normalized spacial score (nSPS) is 11.9. The zero-order chi connectivity index (χ0) is 12.1. The van der Waals surface area contributed by atoms with Gasteiger partial charge in [0, 0.05) is 6.54 Å². The molecule has 0 radical (unpaired) electrons. The summed E-state index contributed by atoms with van der Waals surface area (Å²) >= 11 is 1.34. The summed E-state index contributed by atoms with van der Waals surface area (Å²) in [7, 11) is 1.31. The standard InChI is InChI=1S/C10H13NO4S/c1-6(9(12)13)5-11-8-7(3-4-16-8)10(14)15-2/h3-4,6,11H,5H2,1-2H3,(H,12,13). The number of carboxylic acids is 1. The Bertz CT molecular complexity index is 388. The molecule has 6 heteroatoms. The summed E-state index contributed by atoms with van der Waals surface area (Å²) in [5, 5.41) is 14.0. The van der Waals surface area contributed by atoms with Crippen molar-refractivity contribution in [3.8, 4) is 0 Å². The van der Waals surface area contributed by atoms with Crippen molar-refractivity contribution in [2.45, 2.75) is 6.92 Å². The monoisotopic (exact) mass is 243 g/mol. The van der Waals surface area contributed by atoms with Gasteiger partial charge in [0.25, 0.3) is 0 Å². The van der Waals surface area contributed by atoms with Crippen LogP contribution >= 0.6 is 11.3 Å². The lowest BCUT2D eigenvalue weighted by atomic mass is 10.2. The van der Waals surface area contributed by atoms with Crippen LogP contribution in [0.15, 0.2) is 11.4 Å². The Labute approximate surface area is 97.0 Å². The van der Waals surface area contributed by atoms with E-state index < -0.39 is 17.9 Å². The molecule has 0 fully saturated rings. The minimum atomic E-state index is -0.872. The number of esters is 1. The van der Waals surface area contributed by atoms with Crippen LogP contribution in [0.5, 0.6) is 0 Å². The van der Waals surface area contributed by atoms with Gasteiger partial charge in [-0.2, -0.15) is 0 Å². The van der Waals surface area contributed by atoms with E-state index in [1.165, 1.54) is 18.4 Å². The van der Waals surface area contributed by atoms with Crippen LogP contribution in [0, 0.1) is 5.92 Å². The predicted molar refractivity (Wildman–Crippen MR) is 60.9 cm³/mol. The minimum absolute atomic E-state index is 0.278. The third kappa shape index (κ3) is 2.96. The zero-order valence-corrected chi connectivity index (χ0v) is 9.84. The highest BCUT2D eigenvalue weighted by Crippen LogP contribution is 2.24. The van der Waals surface area contributed by atoms with Crippen molar-refractivity contribution in [2.24, 2.45) is 5.92 Å². The summed E-state index contributed by atoms with van der Waals surface area (Å²) in [6.07, 6.45) is 0. The molecule has 0 aromatic carbocycles. The van der Waals surface area contributed by atoms with E-state index in [4.69, 9.17) is 5.11 Å². The largest absolute Gasteiger partial charge is 0.481 e. The van der Waals surface area contributed by atoms with Crippen molar-refractivity contribution in [3.05, 3.63) is 17.0 Å². The Kier molecular flexibility index (Phi) is 4.30. The van der Waals surface area contributed by atoms with Gasteiger partial charge in [-0.15, -0.1) is 11.3 Å². The van der Waals surface area contributed by atoms with Crippen LogP contribution in [-0.4, -0.2) is 30.7 Å².